The third-order valence-corrected chi connectivity index (χ3v) is 13.8. The Labute approximate surface area is 391 Å². The third kappa shape index (κ3) is 7.81. The van der Waals surface area contributed by atoms with Crippen molar-refractivity contribution < 1.29 is 4.74 Å². The highest BCUT2D eigenvalue weighted by Gasteiger charge is 2.32. The van der Waals surface area contributed by atoms with Crippen LogP contribution < -0.4 is 14.5 Å². The van der Waals surface area contributed by atoms with E-state index in [0.29, 0.717) is 6.67 Å². The van der Waals surface area contributed by atoms with Gasteiger partial charge < -0.3 is 14.5 Å². The maximum atomic E-state index is 7.14. The minimum Gasteiger partial charge on any atom is -0.457 e. The molecule has 0 spiro atoms. The van der Waals surface area contributed by atoms with E-state index in [1.165, 1.54) is 67.0 Å². The first-order valence-electron chi connectivity index (χ1n) is 23.3. The molecule has 7 aromatic carbocycles. The van der Waals surface area contributed by atoms with Crippen LogP contribution in [0.15, 0.2) is 170 Å². The Morgan fingerprint density at radius 3 is 1.79 bits per heavy atom. The zero-order valence-corrected chi connectivity index (χ0v) is 40.1. The molecule has 9 aromatic rings. The van der Waals surface area contributed by atoms with Crippen molar-refractivity contribution in [1.29, 1.82) is 0 Å². The topological polar surface area (TPSA) is 33.5 Å². The average molecular weight is 865 g/mol. The van der Waals surface area contributed by atoms with Gasteiger partial charge in [-0.25, -0.2) is 4.98 Å². The number of ether oxygens (including phenoxy) is 1. The van der Waals surface area contributed by atoms with E-state index in [1.807, 2.05) is 6.20 Å². The summed E-state index contributed by atoms with van der Waals surface area (Å²) in [5.74, 6) is 2.43. The fourth-order valence-electron chi connectivity index (χ4n) is 9.54. The van der Waals surface area contributed by atoms with Crippen LogP contribution >= 0.6 is 0 Å². The standard InChI is InChI=1S/C61H60N4O/c1-40-30-56-57(31-41(40)2)64(39-63(56)48-23-17-22-45(33-48)59(3,4)5)49-34-47(61(9,10)44-20-15-12-16-21-44)35-51(37-49)66-50-25-26-52-53-32-43(42-18-13-11-14-19-42)24-27-54(53)65(55(52)38-50)58-36-46(28-29-62-58)60(6,7)8/h11-38H,39H2,1-10H3. The second kappa shape index (κ2) is 16.1. The Kier molecular flexibility index (Phi) is 10.4. The number of benzene rings is 7. The fraction of sp³-hybridized carbons (Fsp3) is 0.230. The lowest BCUT2D eigenvalue weighted by molar-refractivity contribution is 0.480. The van der Waals surface area contributed by atoms with Gasteiger partial charge in [-0.1, -0.05) is 134 Å². The zero-order valence-electron chi connectivity index (χ0n) is 40.1. The second-order valence-electron chi connectivity index (χ2n) is 20.8. The molecule has 3 heterocycles. The summed E-state index contributed by atoms with van der Waals surface area (Å²) >= 11 is 0. The molecule has 0 unspecified atom stereocenters. The number of hydrogen-bond donors (Lipinski definition) is 0. The van der Waals surface area contributed by atoms with Crippen molar-refractivity contribution in [2.45, 2.75) is 85.5 Å². The van der Waals surface area contributed by atoms with Gasteiger partial charge in [-0.05, 0) is 142 Å². The van der Waals surface area contributed by atoms with E-state index in [-0.39, 0.29) is 16.2 Å². The maximum absolute atomic E-state index is 7.14. The van der Waals surface area contributed by atoms with E-state index >= 15 is 0 Å². The molecule has 5 heteroatoms. The fourth-order valence-corrected chi connectivity index (χ4v) is 9.54. The Balaban J connectivity index is 1.13. The lowest BCUT2D eigenvalue weighted by Gasteiger charge is -2.29. The van der Waals surface area contributed by atoms with Gasteiger partial charge in [0.05, 0.1) is 22.4 Å². The predicted molar refractivity (Wildman–Crippen MR) is 278 cm³/mol. The number of aromatic nitrogens is 2. The summed E-state index contributed by atoms with van der Waals surface area (Å²) in [5, 5.41) is 2.32. The molecule has 0 radical (unpaired) electrons. The Morgan fingerprint density at radius 1 is 0.455 bits per heavy atom. The lowest BCUT2D eigenvalue weighted by atomic mass is 9.78. The molecule has 2 aromatic heterocycles. The number of fused-ring (bicyclic) bond motifs is 4. The third-order valence-electron chi connectivity index (χ3n) is 13.8. The molecule has 10 rings (SSSR count). The highest BCUT2D eigenvalue weighted by Crippen LogP contribution is 2.48. The van der Waals surface area contributed by atoms with E-state index in [4.69, 9.17) is 9.72 Å². The summed E-state index contributed by atoms with van der Waals surface area (Å²) in [4.78, 5) is 9.92. The highest BCUT2D eigenvalue weighted by molar-refractivity contribution is 6.10. The smallest absolute Gasteiger partial charge is 0.137 e. The molecule has 66 heavy (non-hydrogen) atoms. The summed E-state index contributed by atoms with van der Waals surface area (Å²) in [6.07, 6.45) is 1.94. The minimum atomic E-state index is -0.321. The number of nitrogens with zero attached hydrogens (tertiary/aromatic N) is 4. The molecule has 0 aliphatic carbocycles. The maximum Gasteiger partial charge on any atom is 0.137 e. The van der Waals surface area contributed by atoms with Crippen molar-refractivity contribution in [2.75, 3.05) is 16.5 Å². The van der Waals surface area contributed by atoms with Gasteiger partial charge in [-0.2, -0.15) is 0 Å². The molecule has 0 saturated heterocycles. The van der Waals surface area contributed by atoms with Crippen LogP contribution in [-0.4, -0.2) is 16.2 Å². The number of pyridine rings is 1. The van der Waals surface area contributed by atoms with Gasteiger partial charge in [0.15, 0.2) is 0 Å². The number of rotatable bonds is 8. The molecular weight excluding hydrogens is 805 g/mol. The first-order valence-corrected chi connectivity index (χ1v) is 23.3. The van der Waals surface area contributed by atoms with E-state index in [0.717, 1.165) is 39.4 Å². The second-order valence-corrected chi connectivity index (χ2v) is 20.8. The van der Waals surface area contributed by atoms with Crippen molar-refractivity contribution in [3.05, 3.63) is 203 Å². The van der Waals surface area contributed by atoms with Gasteiger partial charge in [0.1, 0.15) is 24.0 Å². The molecule has 0 N–H and O–H groups in total. The van der Waals surface area contributed by atoms with Crippen LogP contribution in [0.4, 0.5) is 22.7 Å². The predicted octanol–water partition coefficient (Wildman–Crippen LogP) is 16.4. The molecular formula is C61H60N4O. The van der Waals surface area contributed by atoms with E-state index < -0.39 is 0 Å². The van der Waals surface area contributed by atoms with Gasteiger partial charge in [-0.3, -0.25) is 4.57 Å². The zero-order chi connectivity index (χ0) is 46.1. The van der Waals surface area contributed by atoms with Gasteiger partial charge in [0, 0.05) is 45.9 Å². The van der Waals surface area contributed by atoms with Crippen LogP contribution in [0.2, 0.25) is 0 Å². The van der Waals surface area contributed by atoms with Gasteiger partial charge >= 0.3 is 0 Å². The van der Waals surface area contributed by atoms with Crippen molar-refractivity contribution in [1.82, 2.24) is 9.55 Å². The first-order chi connectivity index (χ1) is 31.5. The van der Waals surface area contributed by atoms with Crippen LogP contribution in [0.1, 0.15) is 88.8 Å². The SMILES string of the molecule is Cc1cc2c(cc1C)N(c1cc(Oc3ccc4c5cc(-c6ccccc6)ccc5n(-c5cc(C(C)(C)C)ccn5)c4c3)cc(C(C)(C)c3ccccc3)c1)CN2c1cccc(C(C)(C)C)c1. The Bertz CT molecular complexity index is 3280. The van der Waals surface area contributed by atoms with E-state index in [2.05, 4.69) is 247 Å². The molecule has 0 saturated carbocycles. The van der Waals surface area contributed by atoms with Crippen LogP contribution in [0.5, 0.6) is 11.5 Å². The first kappa shape index (κ1) is 42.8. The largest absolute Gasteiger partial charge is 0.457 e. The summed E-state index contributed by atoms with van der Waals surface area (Å²) in [6, 6.07) is 59.7. The molecule has 0 atom stereocenters. The van der Waals surface area contributed by atoms with Crippen molar-refractivity contribution in [3.63, 3.8) is 0 Å². The Morgan fingerprint density at radius 2 is 1.09 bits per heavy atom. The summed E-state index contributed by atoms with van der Waals surface area (Å²) < 4.78 is 9.44. The van der Waals surface area contributed by atoms with E-state index in [1.54, 1.807) is 0 Å². The number of hydrogen-bond acceptors (Lipinski definition) is 4. The molecule has 0 bridgehead atoms. The number of aryl methyl sites for hydroxylation is 2. The highest BCUT2D eigenvalue weighted by atomic mass is 16.5. The molecule has 0 amide bonds. The van der Waals surface area contributed by atoms with Gasteiger partial charge in [0.2, 0.25) is 0 Å². The summed E-state index contributed by atoms with van der Waals surface area (Å²) in [6.45, 7) is 23.3. The molecule has 5 nitrogen and oxygen atoms in total. The van der Waals surface area contributed by atoms with Gasteiger partial charge in [-0.15, -0.1) is 0 Å². The van der Waals surface area contributed by atoms with Crippen LogP contribution in [-0.2, 0) is 16.2 Å². The minimum absolute atomic E-state index is 0.0283. The monoisotopic (exact) mass is 864 g/mol. The van der Waals surface area contributed by atoms with Crippen molar-refractivity contribution >= 4 is 44.6 Å². The van der Waals surface area contributed by atoms with Gasteiger partial charge in [0.25, 0.3) is 0 Å². The summed E-state index contributed by atoms with van der Waals surface area (Å²) in [5.41, 5.74) is 16.4. The molecule has 1 aliphatic rings. The van der Waals surface area contributed by atoms with Crippen molar-refractivity contribution in [3.8, 4) is 28.4 Å². The average Bonchev–Trinajstić information content (AvgIpc) is 3.83. The van der Waals surface area contributed by atoms with Crippen LogP contribution in [0.25, 0.3) is 38.8 Å². The Hall–Kier alpha value is -7.11. The van der Waals surface area contributed by atoms with Crippen molar-refractivity contribution in [2.24, 2.45) is 0 Å². The normalized spacial score (nSPS) is 13.2. The van der Waals surface area contributed by atoms with Crippen LogP contribution in [0.3, 0.4) is 0 Å². The molecule has 330 valence electrons. The van der Waals surface area contributed by atoms with Crippen LogP contribution in [0, 0.1) is 13.8 Å². The number of anilines is 4. The molecule has 1 aliphatic heterocycles. The lowest BCUT2D eigenvalue weighted by Crippen LogP contribution is -2.25. The van der Waals surface area contributed by atoms with E-state index in [9.17, 15) is 0 Å². The summed E-state index contributed by atoms with van der Waals surface area (Å²) in [7, 11) is 0. The molecule has 0 fully saturated rings. The quantitative estimate of drug-likeness (QED) is 0.152.